The van der Waals surface area contributed by atoms with E-state index in [-0.39, 0.29) is 30.5 Å². The van der Waals surface area contributed by atoms with Crippen molar-refractivity contribution in [2.75, 3.05) is 13.1 Å². The van der Waals surface area contributed by atoms with Gasteiger partial charge in [-0.25, -0.2) is 0 Å². The number of rotatable bonds is 5. The lowest BCUT2D eigenvalue weighted by Crippen LogP contribution is -2.31. The lowest BCUT2D eigenvalue weighted by Gasteiger charge is -2.02. The van der Waals surface area contributed by atoms with Gasteiger partial charge in [-0.2, -0.15) is 5.10 Å². The Hall–Kier alpha value is -1.67. The van der Waals surface area contributed by atoms with Crippen molar-refractivity contribution in [2.24, 2.45) is 5.73 Å². The number of nitrogens with two attached hydrogens (primary N) is 1. The SMILES string of the molecule is Cl.NCCNC(=O)Cn1cc([N+](=O)[O-])cn1. The summed E-state index contributed by atoms with van der Waals surface area (Å²) in [4.78, 5) is 20.9. The van der Waals surface area contributed by atoms with Crippen LogP contribution in [0, 0.1) is 10.1 Å². The van der Waals surface area contributed by atoms with Crippen LogP contribution in [-0.4, -0.2) is 33.7 Å². The van der Waals surface area contributed by atoms with Gasteiger partial charge in [-0.15, -0.1) is 12.4 Å². The minimum absolute atomic E-state index is 0. The summed E-state index contributed by atoms with van der Waals surface area (Å²) in [6, 6.07) is 0. The third-order valence-electron chi connectivity index (χ3n) is 1.60. The molecule has 0 fully saturated rings. The summed E-state index contributed by atoms with van der Waals surface area (Å²) < 4.78 is 1.20. The Morgan fingerprint density at radius 3 is 2.88 bits per heavy atom. The molecule has 0 aliphatic rings. The standard InChI is InChI=1S/C7H11N5O3.ClH/c8-1-2-9-7(13)5-11-4-6(3-10-11)12(14)15;/h3-4H,1-2,5,8H2,(H,9,13);1H. The van der Waals surface area contributed by atoms with Crippen LogP contribution in [-0.2, 0) is 11.3 Å². The first-order chi connectivity index (χ1) is 7.13. The average molecular weight is 250 g/mol. The highest BCUT2D eigenvalue weighted by Crippen LogP contribution is 2.06. The van der Waals surface area contributed by atoms with Gasteiger partial charge in [0, 0.05) is 13.1 Å². The molecule has 0 bridgehead atoms. The van der Waals surface area contributed by atoms with Crippen LogP contribution in [0.15, 0.2) is 12.4 Å². The molecule has 8 nitrogen and oxygen atoms in total. The third-order valence-corrected chi connectivity index (χ3v) is 1.60. The number of halogens is 1. The Morgan fingerprint density at radius 2 is 2.38 bits per heavy atom. The van der Waals surface area contributed by atoms with Gasteiger partial charge in [0.1, 0.15) is 18.9 Å². The highest BCUT2D eigenvalue weighted by molar-refractivity contribution is 5.85. The quantitative estimate of drug-likeness (QED) is 0.528. The van der Waals surface area contributed by atoms with Crippen molar-refractivity contribution in [3.05, 3.63) is 22.5 Å². The van der Waals surface area contributed by atoms with Gasteiger partial charge in [0.15, 0.2) is 0 Å². The maximum atomic E-state index is 11.2. The summed E-state index contributed by atoms with van der Waals surface area (Å²) >= 11 is 0. The van der Waals surface area contributed by atoms with E-state index in [0.717, 1.165) is 6.20 Å². The van der Waals surface area contributed by atoms with Crippen LogP contribution in [0.25, 0.3) is 0 Å². The first-order valence-corrected chi connectivity index (χ1v) is 4.27. The van der Waals surface area contributed by atoms with Crippen molar-refractivity contribution in [3.8, 4) is 0 Å². The van der Waals surface area contributed by atoms with E-state index in [9.17, 15) is 14.9 Å². The Morgan fingerprint density at radius 1 is 1.69 bits per heavy atom. The van der Waals surface area contributed by atoms with Crippen molar-refractivity contribution in [2.45, 2.75) is 6.54 Å². The van der Waals surface area contributed by atoms with E-state index in [1.54, 1.807) is 0 Å². The molecule has 0 saturated carbocycles. The van der Waals surface area contributed by atoms with Crippen LogP contribution >= 0.6 is 12.4 Å². The summed E-state index contributed by atoms with van der Waals surface area (Å²) in [6.07, 6.45) is 2.29. The third kappa shape index (κ3) is 4.24. The Bertz CT molecular complexity index is 367. The second-order valence-electron chi connectivity index (χ2n) is 2.79. The highest BCUT2D eigenvalue weighted by Gasteiger charge is 2.10. The minimum atomic E-state index is -0.568. The molecule has 3 N–H and O–H groups in total. The van der Waals surface area contributed by atoms with Crippen LogP contribution in [0.2, 0.25) is 0 Å². The first-order valence-electron chi connectivity index (χ1n) is 4.27. The predicted octanol–water partition coefficient (Wildman–Crippen LogP) is -0.712. The molecule has 0 aromatic carbocycles. The van der Waals surface area contributed by atoms with Gasteiger partial charge in [-0.05, 0) is 0 Å². The van der Waals surface area contributed by atoms with Gasteiger partial charge in [0.05, 0.1) is 4.92 Å². The zero-order chi connectivity index (χ0) is 11.3. The van der Waals surface area contributed by atoms with Crippen molar-refractivity contribution < 1.29 is 9.72 Å². The fourth-order valence-electron chi connectivity index (χ4n) is 0.948. The van der Waals surface area contributed by atoms with E-state index in [1.807, 2.05) is 0 Å². The largest absolute Gasteiger partial charge is 0.353 e. The molecule has 0 aliphatic heterocycles. The fourth-order valence-corrected chi connectivity index (χ4v) is 0.948. The Kier molecular flexibility index (Phi) is 6.04. The van der Waals surface area contributed by atoms with E-state index >= 15 is 0 Å². The number of carbonyl (C=O) groups excluding carboxylic acids is 1. The van der Waals surface area contributed by atoms with Crippen molar-refractivity contribution in [1.82, 2.24) is 15.1 Å². The summed E-state index contributed by atoms with van der Waals surface area (Å²) in [6.45, 7) is 0.682. The van der Waals surface area contributed by atoms with Crippen molar-refractivity contribution in [1.29, 1.82) is 0 Å². The summed E-state index contributed by atoms with van der Waals surface area (Å²) in [5.74, 6) is -0.279. The van der Waals surface area contributed by atoms with Crippen molar-refractivity contribution in [3.63, 3.8) is 0 Å². The summed E-state index contributed by atoms with van der Waals surface area (Å²) in [5.41, 5.74) is 5.05. The molecule has 0 radical (unpaired) electrons. The summed E-state index contributed by atoms with van der Waals surface area (Å²) in [5, 5.41) is 16.5. The molecule has 1 aromatic heterocycles. The topological polar surface area (TPSA) is 116 Å². The maximum absolute atomic E-state index is 11.2. The molecule has 0 unspecified atom stereocenters. The first kappa shape index (κ1) is 14.3. The number of nitrogens with one attached hydrogen (secondary N) is 1. The average Bonchev–Trinajstić information content (AvgIpc) is 2.63. The van der Waals surface area contributed by atoms with E-state index in [0.29, 0.717) is 13.1 Å². The molecular formula is C7H12ClN5O3. The monoisotopic (exact) mass is 249 g/mol. The minimum Gasteiger partial charge on any atom is -0.353 e. The maximum Gasteiger partial charge on any atom is 0.307 e. The fraction of sp³-hybridized carbons (Fsp3) is 0.429. The molecule has 90 valence electrons. The number of hydrogen-bond donors (Lipinski definition) is 2. The van der Waals surface area contributed by atoms with E-state index in [2.05, 4.69) is 10.4 Å². The van der Waals surface area contributed by atoms with Gasteiger partial charge in [-0.1, -0.05) is 0 Å². The smallest absolute Gasteiger partial charge is 0.307 e. The molecule has 9 heteroatoms. The molecule has 1 amide bonds. The van der Waals surface area contributed by atoms with E-state index in [1.165, 1.54) is 10.9 Å². The Balaban J connectivity index is 0.00000225. The zero-order valence-corrected chi connectivity index (χ0v) is 9.14. The molecule has 1 heterocycles. The Labute approximate surface area is 97.4 Å². The number of nitro groups is 1. The van der Waals surface area contributed by atoms with Crippen LogP contribution in [0.4, 0.5) is 5.69 Å². The molecular weight excluding hydrogens is 238 g/mol. The van der Waals surface area contributed by atoms with Crippen molar-refractivity contribution >= 4 is 24.0 Å². The van der Waals surface area contributed by atoms with Gasteiger partial charge in [0.25, 0.3) is 0 Å². The molecule has 1 rings (SSSR count). The van der Waals surface area contributed by atoms with Gasteiger partial charge < -0.3 is 11.1 Å². The van der Waals surface area contributed by atoms with Gasteiger partial charge in [-0.3, -0.25) is 19.6 Å². The molecule has 16 heavy (non-hydrogen) atoms. The molecule has 0 spiro atoms. The number of aromatic nitrogens is 2. The second kappa shape index (κ2) is 6.75. The van der Waals surface area contributed by atoms with Crippen LogP contribution in [0.1, 0.15) is 0 Å². The van der Waals surface area contributed by atoms with Gasteiger partial charge >= 0.3 is 5.69 Å². The summed E-state index contributed by atoms with van der Waals surface area (Å²) in [7, 11) is 0. The van der Waals surface area contributed by atoms with Crippen LogP contribution < -0.4 is 11.1 Å². The molecule has 0 aliphatic carbocycles. The zero-order valence-electron chi connectivity index (χ0n) is 8.33. The lowest BCUT2D eigenvalue weighted by molar-refractivity contribution is -0.385. The van der Waals surface area contributed by atoms with Crippen LogP contribution in [0.5, 0.6) is 0 Å². The predicted molar refractivity (Wildman–Crippen MR) is 58.2 cm³/mol. The normalized spacial score (nSPS) is 9.31. The highest BCUT2D eigenvalue weighted by atomic mass is 35.5. The lowest BCUT2D eigenvalue weighted by atomic mass is 10.5. The molecule has 1 aromatic rings. The number of nitrogens with zero attached hydrogens (tertiary/aromatic N) is 3. The van der Waals surface area contributed by atoms with Gasteiger partial charge in [0.2, 0.25) is 5.91 Å². The number of amides is 1. The molecule has 0 atom stereocenters. The number of carbonyl (C=O) groups is 1. The van der Waals surface area contributed by atoms with Crippen LogP contribution in [0.3, 0.4) is 0 Å². The number of hydrogen-bond acceptors (Lipinski definition) is 5. The van der Waals surface area contributed by atoms with E-state index in [4.69, 9.17) is 5.73 Å². The second-order valence-corrected chi connectivity index (χ2v) is 2.79. The molecule has 0 saturated heterocycles. The van der Waals surface area contributed by atoms with E-state index < -0.39 is 4.92 Å².